The molecule has 4 heteroatoms. The average molecular weight is 185 g/mol. The van der Waals surface area contributed by atoms with Gasteiger partial charge in [-0.2, -0.15) is 0 Å². The fourth-order valence-corrected chi connectivity index (χ4v) is 1.43. The summed E-state index contributed by atoms with van der Waals surface area (Å²) in [6.45, 7) is 3.66. The lowest BCUT2D eigenvalue weighted by Gasteiger charge is -2.24. The summed E-state index contributed by atoms with van der Waals surface area (Å²) in [5.74, 6) is -0.0206. The number of rotatable bonds is 3. The molecule has 0 spiro atoms. The zero-order chi connectivity index (χ0) is 9.68. The van der Waals surface area contributed by atoms with E-state index in [9.17, 15) is 9.59 Å². The Morgan fingerprint density at radius 2 is 2.38 bits per heavy atom. The van der Waals surface area contributed by atoms with Crippen LogP contribution in [-0.4, -0.2) is 42.9 Å². The lowest BCUT2D eigenvalue weighted by Crippen LogP contribution is -2.39. The normalized spacial score (nSPS) is 18.7. The van der Waals surface area contributed by atoms with E-state index in [4.69, 9.17) is 4.74 Å². The second kappa shape index (κ2) is 4.97. The second-order valence-electron chi connectivity index (χ2n) is 3.16. The van der Waals surface area contributed by atoms with Crippen LogP contribution in [0.25, 0.3) is 0 Å². The predicted molar refractivity (Wildman–Crippen MR) is 47.3 cm³/mol. The Morgan fingerprint density at radius 3 is 3.00 bits per heavy atom. The van der Waals surface area contributed by atoms with E-state index >= 15 is 0 Å². The molecule has 13 heavy (non-hydrogen) atoms. The summed E-state index contributed by atoms with van der Waals surface area (Å²) in [6.07, 6.45) is 1.51. The molecule has 0 radical (unpaired) electrons. The third kappa shape index (κ3) is 3.55. The van der Waals surface area contributed by atoms with Crippen molar-refractivity contribution in [1.82, 2.24) is 4.90 Å². The Balaban J connectivity index is 2.27. The van der Waals surface area contributed by atoms with Gasteiger partial charge in [0.15, 0.2) is 0 Å². The minimum Gasteiger partial charge on any atom is -0.465 e. The molecule has 0 N–H and O–H groups in total. The van der Waals surface area contributed by atoms with Crippen LogP contribution in [0.15, 0.2) is 0 Å². The smallest absolute Gasteiger partial charge is 0.320 e. The first kappa shape index (κ1) is 10.2. The summed E-state index contributed by atoms with van der Waals surface area (Å²) in [5, 5.41) is 0. The van der Waals surface area contributed by atoms with Crippen molar-refractivity contribution >= 4 is 11.8 Å². The van der Waals surface area contributed by atoms with E-state index in [1.54, 1.807) is 6.92 Å². The Morgan fingerprint density at radius 1 is 1.62 bits per heavy atom. The highest BCUT2D eigenvalue weighted by Gasteiger charge is 2.19. The van der Waals surface area contributed by atoms with Gasteiger partial charge < -0.3 is 4.74 Å². The van der Waals surface area contributed by atoms with Gasteiger partial charge in [-0.05, 0) is 19.9 Å². The van der Waals surface area contributed by atoms with Gasteiger partial charge in [0, 0.05) is 6.42 Å². The number of esters is 1. The minimum absolute atomic E-state index is 0.218. The molecule has 0 atom stereocenters. The minimum atomic E-state index is -0.239. The van der Waals surface area contributed by atoms with E-state index in [-0.39, 0.29) is 18.3 Å². The van der Waals surface area contributed by atoms with Gasteiger partial charge in [-0.15, -0.1) is 0 Å². The third-order valence-corrected chi connectivity index (χ3v) is 1.99. The monoisotopic (exact) mass is 185 g/mol. The summed E-state index contributed by atoms with van der Waals surface area (Å²) in [6, 6.07) is 0. The molecule has 0 aromatic rings. The molecule has 0 aliphatic carbocycles. The number of carbonyl (C=O) groups is 2. The number of carbonyl (C=O) groups excluding carboxylic acids is 2. The zero-order valence-corrected chi connectivity index (χ0v) is 7.91. The van der Waals surface area contributed by atoms with Crippen LogP contribution >= 0.6 is 0 Å². The largest absolute Gasteiger partial charge is 0.465 e. The number of piperidine rings is 1. The summed E-state index contributed by atoms with van der Waals surface area (Å²) in [4.78, 5) is 23.9. The number of Topliss-reactive ketones (excluding diaryl/α,β-unsaturated/α-hetero) is 1. The summed E-state index contributed by atoms with van der Waals surface area (Å²) < 4.78 is 4.79. The van der Waals surface area contributed by atoms with Crippen molar-refractivity contribution in [3.63, 3.8) is 0 Å². The van der Waals surface area contributed by atoms with Crippen molar-refractivity contribution in [1.29, 1.82) is 0 Å². The number of hydrogen-bond donors (Lipinski definition) is 0. The van der Waals surface area contributed by atoms with Crippen molar-refractivity contribution in [3.8, 4) is 0 Å². The molecule has 0 aromatic carbocycles. The lowest BCUT2D eigenvalue weighted by molar-refractivity contribution is -0.145. The van der Waals surface area contributed by atoms with Gasteiger partial charge in [-0.25, -0.2) is 0 Å². The number of ketones is 1. The first-order chi connectivity index (χ1) is 6.22. The third-order valence-electron chi connectivity index (χ3n) is 1.99. The maximum absolute atomic E-state index is 11.0. The number of hydrogen-bond acceptors (Lipinski definition) is 4. The van der Waals surface area contributed by atoms with Crippen molar-refractivity contribution in [2.24, 2.45) is 0 Å². The van der Waals surface area contributed by atoms with Gasteiger partial charge in [0.25, 0.3) is 0 Å². The summed E-state index contributed by atoms with van der Waals surface area (Å²) in [5.41, 5.74) is 0. The Labute approximate surface area is 77.8 Å². The molecule has 1 aliphatic rings. The Hall–Kier alpha value is -0.900. The van der Waals surface area contributed by atoms with Crippen LogP contribution in [-0.2, 0) is 14.3 Å². The zero-order valence-electron chi connectivity index (χ0n) is 7.91. The molecular weight excluding hydrogens is 170 g/mol. The van der Waals surface area contributed by atoms with Crippen molar-refractivity contribution < 1.29 is 14.3 Å². The molecule has 1 aliphatic heterocycles. The van der Waals surface area contributed by atoms with Crippen molar-refractivity contribution in [2.75, 3.05) is 26.2 Å². The summed E-state index contributed by atoms with van der Waals surface area (Å²) in [7, 11) is 0. The van der Waals surface area contributed by atoms with Gasteiger partial charge in [0.2, 0.25) is 0 Å². The van der Waals surface area contributed by atoms with E-state index < -0.39 is 0 Å². The highest BCUT2D eigenvalue weighted by molar-refractivity contribution is 5.82. The molecule has 1 heterocycles. The second-order valence-corrected chi connectivity index (χ2v) is 3.16. The van der Waals surface area contributed by atoms with E-state index in [1.165, 1.54) is 0 Å². The fraction of sp³-hybridized carbons (Fsp3) is 0.778. The lowest BCUT2D eigenvalue weighted by atomic mass is 10.1. The molecule has 0 aromatic heterocycles. The molecule has 0 bridgehead atoms. The first-order valence-corrected chi connectivity index (χ1v) is 4.62. The van der Waals surface area contributed by atoms with Crippen LogP contribution in [0.3, 0.4) is 0 Å². The van der Waals surface area contributed by atoms with Crippen LogP contribution < -0.4 is 0 Å². The van der Waals surface area contributed by atoms with Gasteiger partial charge >= 0.3 is 5.97 Å². The van der Waals surface area contributed by atoms with Crippen LogP contribution in [0.1, 0.15) is 19.8 Å². The molecule has 0 amide bonds. The molecule has 1 saturated heterocycles. The quantitative estimate of drug-likeness (QED) is 0.590. The van der Waals surface area contributed by atoms with Gasteiger partial charge in [-0.3, -0.25) is 14.5 Å². The average Bonchev–Trinajstić information content (AvgIpc) is 2.04. The van der Waals surface area contributed by atoms with Crippen LogP contribution in [0, 0.1) is 0 Å². The molecular formula is C9H15NO3. The van der Waals surface area contributed by atoms with Crippen molar-refractivity contribution in [3.05, 3.63) is 0 Å². The highest BCUT2D eigenvalue weighted by atomic mass is 16.5. The topological polar surface area (TPSA) is 46.6 Å². The summed E-state index contributed by atoms with van der Waals surface area (Å²) >= 11 is 0. The fourth-order valence-electron chi connectivity index (χ4n) is 1.43. The number of ether oxygens (including phenoxy) is 1. The SMILES string of the molecule is CCOC(=O)CN1CCCC(=O)C1. The van der Waals surface area contributed by atoms with E-state index in [0.29, 0.717) is 19.6 Å². The van der Waals surface area contributed by atoms with Gasteiger partial charge in [0.1, 0.15) is 5.78 Å². The number of nitrogens with zero attached hydrogens (tertiary/aromatic N) is 1. The van der Waals surface area contributed by atoms with Gasteiger partial charge in [0.05, 0.1) is 19.7 Å². The predicted octanol–water partition coefficient (Wildman–Crippen LogP) is 0.214. The maximum Gasteiger partial charge on any atom is 0.320 e. The van der Waals surface area contributed by atoms with Crippen LogP contribution in [0.4, 0.5) is 0 Å². The van der Waals surface area contributed by atoms with Crippen LogP contribution in [0.2, 0.25) is 0 Å². The molecule has 0 saturated carbocycles. The Kier molecular flexibility index (Phi) is 3.89. The first-order valence-electron chi connectivity index (χ1n) is 4.62. The van der Waals surface area contributed by atoms with E-state index in [1.807, 2.05) is 4.90 Å². The van der Waals surface area contributed by atoms with Crippen LogP contribution in [0.5, 0.6) is 0 Å². The Bertz CT molecular complexity index is 203. The standard InChI is InChI=1S/C9H15NO3/c1-2-13-9(12)7-10-5-3-4-8(11)6-10/h2-7H2,1H3. The van der Waals surface area contributed by atoms with Gasteiger partial charge in [-0.1, -0.05) is 0 Å². The number of likely N-dealkylation sites (tertiary alicyclic amines) is 1. The molecule has 0 unspecified atom stereocenters. The molecule has 4 nitrogen and oxygen atoms in total. The molecule has 1 rings (SSSR count). The maximum atomic E-state index is 11.0. The molecule has 1 fully saturated rings. The van der Waals surface area contributed by atoms with E-state index in [2.05, 4.69) is 0 Å². The van der Waals surface area contributed by atoms with Crippen molar-refractivity contribution in [2.45, 2.75) is 19.8 Å². The highest BCUT2D eigenvalue weighted by Crippen LogP contribution is 2.05. The van der Waals surface area contributed by atoms with E-state index in [0.717, 1.165) is 13.0 Å². The molecule has 74 valence electrons.